The van der Waals surface area contributed by atoms with Crippen molar-refractivity contribution in [3.05, 3.63) is 0 Å². The second kappa shape index (κ2) is 3.89. The molecule has 2 rings (SSSR count). The number of amides is 2. The third kappa shape index (κ3) is 2.23. The Hall–Kier alpha value is -1.26. The molecule has 2 aliphatic heterocycles. The molecule has 2 saturated heterocycles. The van der Waals surface area contributed by atoms with Crippen LogP contribution >= 0.6 is 0 Å². The lowest BCUT2D eigenvalue weighted by molar-refractivity contribution is -0.129. The molecule has 2 aliphatic rings. The molecule has 3 atom stereocenters. The Morgan fingerprint density at radius 3 is 2.65 bits per heavy atom. The summed E-state index contributed by atoms with van der Waals surface area (Å²) in [5, 5.41) is 2.90. The number of fused-ring (bicyclic) bond motifs is 2. The van der Waals surface area contributed by atoms with Crippen LogP contribution in [0.15, 0.2) is 0 Å². The standard InChI is InChI=1S/C12H20N2O3/c1-7-8-5-6-9(10(15)13-7)14(8)11(16)17-12(2,3)4/h7-9H,5-6H2,1-4H3,(H,13,15)/t7-,8+,9-/m1/s1. The second-order valence-electron chi connectivity index (χ2n) is 5.85. The molecule has 5 heteroatoms. The van der Waals surface area contributed by atoms with Crippen LogP contribution in [0.4, 0.5) is 4.79 Å². The maximum absolute atomic E-state index is 12.1. The summed E-state index contributed by atoms with van der Waals surface area (Å²) in [5.41, 5.74) is -0.520. The molecule has 2 bridgehead atoms. The molecule has 17 heavy (non-hydrogen) atoms. The van der Waals surface area contributed by atoms with E-state index in [-0.39, 0.29) is 30.1 Å². The maximum Gasteiger partial charge on any atom is 0.411 e. The predicted molar refractivity (Wildman–Crippen MR) is 62.5 cm³/mol. The molecule has 0 aromatic rings. The highest BCUT2D eigenvalue weighted by Crippen LogP contribution is 2.31. The Bertz CT molecular complexity index is 348. The van der Waals surface area contributed by atoms with Crippen LogP contribution in [0.2, 0.25) is 0 Å². The van der Waals surface area contributed by atoms with Crippen LogP contribution in [0, 0.1) is 0 Å². The molecule has 0 aromatic carbocycles. The maximum atomic E-state index is 12.1. The molecule has 5 nitrogen and oxygen atoms in total. The first-order valence-corrected chi connectivity index (χ1v) is 6.11. The summed E-state index contributed by atoms with van der Waals surface area (Å²) in [6.07, 6.45) is 1.23. The quantitative estimate of drug-likeness (QED) is 0.693. The van der Waals surface area contributed by atoms with Crippen LogP contribution in [-0.4, -0.2) is 40.6 Å². The highest BCUT2D eigenvalue weighted by Gasteiger charge is 2.49. The Morgan fingerprint density at radius 2 is 2.06 bits per heavy atom. The Kier molecular flexibility index (Phi) is 2.79. The summed E-state index contributed by atoms with van der Waals surface area (Å²) in [6, 6.07) is -0.257. The third-order valence-electron chi connectivity index (χ3n) is 3.28. The number of hydrogen-bond acceptors (Lipinski definition) is 3. The Balaban J connectivity index is 2.15. The van der Waals surface area contributed by atoms with Gasteiger partial charge in [0.2, 0.25) is 5.91 Å². The van der Waals surface area contributed by atoms with Crippen molar-refractivity contribution in [2.24, 2.45) is 0 Å². The smallest absolute Gasteiger partial charge is 0.411 e. The first-order valence-electron chi connectivity index (χ1n) is 6.11. The van der Waals surface area contributed by atoms with Crippen molar-refractivity contribution in [2.75, 3.05) is 0 Å². The van der Waals surface area contributed by atoms with Gasteiger partial charge in [-0.15, -0.1) is 0 Å². The van der Waals surface area contributed by atoms with E-state index < -0.39 is 5.60 Å². The number of carbonyl (C=O) groups is 2. The summed E-state index contributed by atoms with van der Waals surface area (Å²) < 4.78 is 5.36. The fraction of sp³-hybridized carbons (Fsp3) is 0.833. The SMILES string of the molecule is C[C@H]1NC(=O)[C@H]2CC[C@@H]1N2C(=O)OC(C)(C)C. The van der Waals surface area contributed by atoms with E-state index >= 15 is 0 Å². The van der Waals surface area contributed by atoms with E-state index in [1.807, 2.05) is 27.7 Å². The lowest BCUT2D eigenvalue weighted by atomic mass is 10.1. The molecule has 0 spiro atoms. The topological polar surface area (TPSA) is 58.6 Å². The van der Waals surface area contributed by atoms with E-state index in [4.69, 9.17) is 4.74 Å². The van der Waals surface area contributed by atoms with Crippen molar-refractivity contribution in [2.45, 2.75) is 64.3 Å². The van der Waals surface area contributed by atoms with Crippen LogP contribution in [0.25, 0.3) is 0 Å². The number of nitrogens with one attached hydrogen (secondary N) is 1. The van der Waals surface area contributed by atoms with E-state index in [1.165, 1.54) is 0 Å². The van der Waals surface area contributed by atoms with Gasteiger partial charge >= 0.3 is 6.09 Å². The molecule has 2 amide bonds. The number of piperazine rings is 1. The normalized spacial score (nSPS) is 32.4. The van der Waals surface area contributed by atoms with Crippen molar-refractivity contribution in [3.63, 3.8) is 0 Å². The fourth-order valence-electron chi connectivity index (χ4n) is 2.58. The summed E-state index contributed by atoms with van der Waals surface area (Å²) >= 11 is 0. The number of nitrogens with zero attached hydrogens (tertiary/aromatic N) is 1. The number of ether oxygens (including phenoxy) is 1. The predicted octanol–water partition coefficient (Wildman–Crippen LogP) is 1.27. The van der Waals surface area contributed by atoms with Crippen LogP contribution in [0.5, 0.6) is 0 Å². The molecule has 0 unspecified atom stereocenters. The molecular weight excluding hydrogens is 220 g/mol. The van der Waals surface area contributed by atoms with Crippen LogP contribution in [-0.2, 0) is 9.53 Å². The largest absolute Gasteiger partial charge is 0.444 e. The summed E-state index contributed by atoms with van der Waals surface area (Å²) in [5.74, 6) is -0.0582. The fourth-order valence-corrected chi connectivity index (χ4v) is 2.58. The van der Waals surface area contributed by atoms with Gasteiger partial charge in [0.15, 0.2) is 0 Å². The molecule has 1 N–H and O–H groups in total. The molecule has 0 aromatic heterocycles. The van der Waals surface area contributed by atoms with E-state index in [0.29, 0.717) is 0 Å². The van der Waals surface area contributed by atoms with E-state index in [2.05, 4.69) is 5.32 Å². The zero-order valence-corrected chi connectivity index (χ0v) is 10.8. The number of rotatable bonds is 0. The Labute approximate surface area is 101 Å². The molecule has 0 radical (unpaired) electrons. The van der Waals surface area contributed by atoms with Crippen LogP contribution in [0.3, 0.4) is 0 Å². The van der Waals surface area contributed by atoms with Gasteiger partial charge in [0, 0.05) is 6.04 Å². The number of hydrogen-bond donors (Lipinski definition) is 1. The van der Waals surface area contributed by atoms with E-state index in [1.54, 1.807) is 4.90 Å². The lowest BCUT2D eigenvalue weighted by Crippen LogP contribution is -2.62. The van der Waals surface area contributed by atoms with Gasteiger partial charge in [0.05, 0.1) is 6.04 Å². The average Bonchev–Trinajstić information content (AvgIpc) is 2.52. The molecule has 0 saturated carbocycles. The van der Waals surface area contributed by atoms with Crippen LogP contribution < -0.4 is 5.32 Å². The van der Waals surface area contributed by atoms with Crippen molar-refractivity contribution in [3.8, 4) is 0 Å². The molecular formula is C12H20N2O3. The first-order chi connectivity index (χ1) is 7.79. The average molecular weight is 240 g/mol. The Morgan fingerprint density at radius 1 is 1.41 bits per heavy atom. The number of carbonyl (C=O) groups excluding carboxylic acids is 2. The molecule has 0 aliphatic carbocycles. The summed E-state index contributed by atoms with van der Waals surface area (Å²) in [4.78, 5) is 25.5. The van der Waals surface area contributed by atoms with Crippen molar-refractivity contribution in [1.82, 2.24) is 10.2 Å². The monoisotopic (exact) mass is 240 g/mol. The summed E-state index contributed by atoms with van der Waals surface area (Å²) in [7, 11) is 0. The van der Waals surface area contributed by atoms with Crippen molar-refractivity contribution >= 4 is 12.0 Å². The van der Waals surface area contributed by atoms with Gasteiger partial charge in [-0.25, -0.2) is 4.79 Å². The zero-order chi connectivity index (χ0) is 12.8. The molecule has 2 fully saturated rings. The van der Waals surface area contributed by atoms with Gasteiger partial charge in [-0.05, 0) is 40.5 Å². The highest BCUT2D eigenvalue weighted by atomic mass is 16.6. The van der Waals surface area contributed by atoms with Crippen LogP contribution in [0.1, 0.15) is 40.5 Å². The zero-order valence-electron chi connectivity index (χ0n) is 10.8. The lowest BCUT2D eigenvalue weighted by Gasteiger charge is -2.39. The van der Waals surface area contributed by atoms with Gasteiger partial charge in [-0.3, -0.25) is 9.69 Å². The minimum Gasteiger partial charge on any atom is -0.444 e. The molecule has 96 valence electrons. The van der Waals surface area contributed by atoms with E-state index in [0.717, 1.165) is 12.8 Å². The van der Waals surface area contributed by atoms with Crippen molar-refractivity contribution in [1.29, 1.82) is 0 Å². The minimum atomic E-state index is -0.520. The first kappa shape index (κ1) is 12.2. The van der Waals surface area contributed by atoms with Gasteiger partial charge in [0.25, 0.3) is 0 Å². The van der Waals surface area contributed by atoms with Crippen molar-refractivity contribution < 1.29 is 14.3 Å². The van der Waals surface area contributed by atoms with Gasteiger partial charge in [0.1, 0.15) is 11.6 Å². The summed E-state index contributed by atoms with van der Waals surface area (Å²) in [6.45, 7) is 7.43. The van der Waals surface area contributed by atoms with Gasteiger partial charge in [-0.2, -0.15) is 0 Å². The molecule has 2 heterocycles. The third-order valence-corrected chi connectivity index (χ3v) is 3.28. The van der Waals surface area contributed by atoms with Gasteiger partial charge < -0.3 is 10.1 Å². The minimum absolute atomic E-state index is 0.00812. The van der Waals surface area contributed by atoms with E-state index in [9.17, 15) is 9.59 Å². The van der Waals surface area contributed by atoms with Gasteiger partial charge in [-0.1, -0.05) is 0 Å². The second-order valence-corrected chi connectivity index (χ2v) is 5.85. The highest BCUT2D eigenvalue weighted by molar-refractivity contribution is 5.88.